The summed E-state index contributed by atoms with van der Waals surface area (Å²) in [7, 11) is 0. The van der Waals surface area contributed by atoms with E-state index >= 15 is 0 Å². The van der Waals surface area contributed by atoms with Crippen molar-refractivity contribution in [3.63, 3.8) is 0 Å². The monoisotopic (exact) mass is 968 g/mol. The van der Waals surface area contributed by atoms with Crippen molar-refractivity contribution in [3.8, 4) is 0 Å². The average molecular weight is 969 g/mol. The van der Waals surface area contributed by atoms with E-state index in [1.54, 1.807) is 0 Å². The molecule has 0 saturated carbocycles. The van der Waals surface area contributed by atoms with Crippen molar-refractivity contribution in [2.24, 2.45) is 62.9 Å². The summed E-state index contributed by atoms with van der Waals surface area (Å²) in [5.74, 6) is 1.19. The molecule has 8 heterocycles. The summed E-state index contributed by atoms with van der Waals surface area (Å²) in [4.78, 5) is 35.6. The van der Waals surface area contributed by atoms with Crippen LogP contribution >= 0.6 is 0 Å². The zero-order valence-electron chi connectivity index (χ0n) is 35.9. The van der Waals surface area contributed by atoms with Crippen LogP contribution in [-0.4, -0.2) is 255 Å². The molecule has 0 bridgehead atoms. The zero-order valence-corrected chi connectivity index (χ0v) is 35.9. The lowest BCUT2D eigenvalue weighted by Crippen LogP contribution is -2.44. The molecule has 20 N–H and O–H groups in total. The van der Waals surface area contributed by atoms with Gasteiger partial charge in [0, 0.05) is 0 Å². The molecule has 32 nitrogen and oxygen atoms in total. The number of ether oxygens (including phenoxy) is 4. The van der Waals surface area contributed by atoms with E-state index in [4.69, 9.17) is 62.3 Å². The standard InChI is InChI=1S/4C9H14N4O4/c4*1-4-12-9(10)11-3-13(4)8-7(16)6(15)5(2-14)17-8/h4*3,5-8,14-16H,1-2H2,(H2,10,12)/t4*5-,6+,7?,8-/m1111/s1. The molecule has 4 saturated heterocycles. The van der Waals surface area contributed by atoms with E-state index in [0.29, 0.717) is 0 Å². The Morgan fingerprint density at radius 2 is 0.544 bits per heavy atom. The predicted molar refractivity (Wildman–Crippen MR) is 235 cm³/mol. The van der Waals surface area contributed by atoms with Gasteiger partial charge >= 0.3 is 0 Å². The fourth-order valence-electron chi connectivity index (χ4n) is 6.92. The number of nitrogens with two attached hydrogens (primary N) is 4. The highest BCUT2D eigenvalue weighted by atomic mass is 16.6. The van der Waals surface area contributed by atoms with Crippen LogP contribution < -0.4 is 22.9 Å². The van der Waals surface area contributed by atoms with Gasteiger partial charge in [-0.3, -0.25) is 19.6 Å². The first-order valence-corrected chi connectivity index (χ1v) is 20.1. The summed E-state index contributed by atoms with van der Waals surface area (Å²) < 4.78 is 21.2. The molecular formula is C36H56N16O16. The summed E-state index contributed by atoms with van der Waals surface area (Å²) in [5, 5.41) is 113. The van der Waals surface area contributed by atoms with Crippen molar-refractivity contribution in [1.29, 1.82) is 0 Å². The molecule has 4 fully saturated rings. The summed E-state index contributed by atoms with van der Waals surface area (Å²) in [5.41, 5.74) is 21.5. The Morgan fingerprint density at radius 3 is 0.676 bits per heavy atom. The number of aliphatic imine (C=N–C) groups is 8. The number of aliphatic hydroxyl groups excluding tert-OH is 12. The summed E-state index contributed by atoms with van der Waals surface area (Å²) in [6.07, 6.45) is -11.2. The lowest BCUT2D eigenvalue weighted by atomic mass is 10.1. The maximum Gasteiger partial charge on any atom is 0.223 e. The fraction of sp³-hybridized carbons (Fsp3) is 0.556. The van der Waals surface area contributed by atoms with Crippen LogP contribution in [0.4, 0.5) is 0 Å². The van der Waals surface area contributed by atoms with Crippen LogP contribution in [0.25, 0.3) is 0 Å². The van der Waals surface area contributed by atoms with Crippen molar-refractivity contribution < 1.29 is 80.2 Å². The quantitative estimate of drug-likeness (QED) is 0.107. The van der Waals surface area contributed by atoms with Gasteiger partial charge in [-0.25, -0.2) is 20.0 Å². The Hall–Kier alpha value is -5.92. The van der Waals surface area contributed by atoms with Crippen LogP contribution in [0.1, 0.15) is 0 Å². The zero-order chi connectivity index (χ0) is 50.3. The number of rotatable bonds is 8. The van der Waals surface area contributed by atoms with Gasteiger partial charge in [0.25, 0.3) is 0 Å². The highest BCUT2D eigenvalue weighted by molar-refractivity contribution is 5.91. The van der Waals surface area contributed by atoms with Gasteiger partial charge in [-0.1, -0.05) is 26.3 Å². The molecule has 32 heteroatoms. The van der Waals surface area contributed by atoms with E-state index in [0.717, 1.165) is 0 Å². The second-order valence-electron chi connectivity index (χ2n) is 15.1. The number of hydrogen-bond donors (Lipinski definition) is 16. The van der Waals surface area contributed by atoms with Crippen molar-refractivity contribution in [1.82, 2.24) is 19.6 Å². The first-order valence-electron chi connectivity index (χ1n) is 20.1. The summed E-state index contributed by atoms with van der Waals surface area (Å²) in [6, 6.07) is 0. The molecule has 0 aromatic heterocycles. The molecule has 16 atom stereocenters. The molecule has 376 valence electrons. The topological polar surface area (TPSA) is 496 Å². The van der Waals surface area contributed by atoms with Crippen LogP contribution in [-0.2, 0) is 18.9 Å². The maximum absolute atomic E-state index is 9.78. The van der Waals surface area contributed by atoms with E-state index in [9.17, 15) is 40.9 Å². The maximum atomic E-state index is 9.78. The lowest BCUT2D eigenvalue weighted by Gasteiger charge is -2.29. The summed E-state index contributed by atoms with van der Waals surface area (Å²) in [6.45, 7) is 13.0. The molecule has 0 radical (unpaired) electrons. The normalized spacial score (nSPS) is 37.5. The molecule has 0 spiro atoms. The number of hydrogen-bond acceptors (Lipinski definition) is 32. The third-order valence-corrected chi connectivity index (χ3v) is 10.6. The van der Waals surface area contributed by atoms with Crippen LogP contribution in [0.2, 0.25) is 0 Å². The first kappa shape index (κ1) is 53.0. The molecule has 8 rings (SSSR count). The van der Waals surface area contributed by atoms with Crippen molar-refractivity contribution in [2.75, 3.05) is 26.4 Å². The minimum absolute atomic E-state index is 0.0537. The Bertz CT molecular complexity index is 1820. The molecule has 68 heavy (non-hydrogen) atoms. The van der Waals surface area contributed by atoms with Crippen LogP contribution in [0, 0.1) is 0 Å². The number of nitrogens with zero attached hydrogens (tertiary/aromatic N) is 12. The van der Waals surface area contributed by atoms with Gasteiger partial charge in [0.15, 0.2) is 24.9 Å². The molecule has 0 amide bonds. The van der Waals surface area contributed by atoms with Crippen molar-refractivity contribution in [2.45, 2.75) is 98.2 Å². The molecule has 8 aliphatic heterocycles. The Labute approximate surface area is 385 Å². The minimum atomic E-state index is -1.19. The number of aliphatic hydroxyl groups is 12. The minimum Gasteiger partial charge on any atom is -0.394 e. The van der Waals surface area contributed by atoms with Gasteiger partial charge in [-0.2, -0.15) is 20.0 Å². The Morgan fingerprint density at radius 1 is 0.368 bits per heavy atom. The molecule has 0 aliphatic carbocycles. The summed E-state index contributed by atoms with van der Waals surface area (Å²) >= 11 is 0. The molecule has 0 aromatic carbocycles. The second-order valence-corrected chi connectivity index (χ2v) is 15.1. The van der Waals surface area contributed by atoms with Crippen LogP contribution in [0.15, 0.2) is 89.5 Å². The first-order chi connectivity index (χ1) is 32.2. The van der Waals surface area contributed by atoms with E-state index < -0.39 is 125 Å². The van der Waals surface area contributed by atoms with E-state index in [2.05, 4.69) is 66.3 Å². The van der Waals surface area contributed by atoms with Gasteiger partial charge in [0.1, 0.15) is 122 Å². The van der Waals surface area contributed by atoms with Gasteiger partial charge < -0.3 is 103 Å². The second kappa shape index (κ2) is 22.9. The highest BCUT2D eigenvalue weighted by Crippen LogP contribution is 2.30. The van der Waals surface area contributed by atoms with Gasteiger partial charge in [0.2, 0.25) is 23.8 Å². The fourth-order valence-corrected chi connectivity index (χ4v) is 6.92. The van der Waals surface area contributed by atoms with Crippen LogP contribution in [0.3, 0.4) is 0 Å². The largest absolute Gasteiger partial charge is 0.394 e. The van der Waals surface area contributed by atoms with Gasteiger partial charge in [-0.15, -0.1) is 0 Å². The smallest absolute Gasteiger partial charge is 0.223 e. The SMILES string of the molecule is C=C1N=C(N)N=CN1[C@@H]1O[C@H](CO)[C@H](O)C1O.C=C1N=C(N)N=CN1[C@@H]1O[C@H](CO)[C@H](O)C1O.C=C1N=C(N)N=CN1[C@@H]1O[C@H](CO)[C@H](O)C1O.C=C1N=C(N)N=CN1[C@@H]1O[C@H](CO)[C@H](O)C1O. The van der Waals surface area contributed by atoms with Gasteiger partial charge in [0.05, 0.1) is 26.4 Å². The average Bonchev–Trinajstić information content (AvgIpc) is 3.96. The van der Waals surface area contributed by atoms with Crippen molar-refractivity contribution in [3.05, 3.63) is 49.6 Å². The highest BCUT2D eigenvalue weighted by Gasteiger charge is 2.49. The van der Waals surface area contributed by atoms with E-state index in [-0.39, 0.29) is 47.1 Å². The van der Waals surface area contributed by atoms with Gasteiger partial charge in [-0.05, 0) is 0 Å². The Kier molecular flexibility index (Phi) is 17.9. The van der Waals surface area contributed by atoms with E-state index in [1.165, 1.54) is 45.0 Å². The Balaban J connectivity index is 0.000000169. The number of guanidine groups is 4. The third kappa shape index (κ3) is 11.7. The van der Waals surface area contributed by atoms with Crippen molar-refractivity contribution >= 4 is 49.2 Å². The van der Waals surface area contributed by atoms with Crippen LogP contribution in [0.5, 0.6) is 0 Å². The molecule has 8 aliphatic rings. The molecule has 4 unspecified atom stereocenters. The van der Waals surface area contributed by atoms with E-state index in [1.807, 2.05) is 0 Å². The molecular weight excluding hydrogens is 912 g/mol. The third-order valence-electron chi connectivity index (χ3n) is 10.6. The molecule has 0 aromatic rings. The lowest BCUT2D eigenvalue weighted by molar-refractivity contribution is -0.0607. The predicted octanol–water partition coefficient (Wildman–Crippen LogP) is -9.78.